The Morgan fingerprint density at radius 1 is 1.50 bits per heavy atom. The van der Waals surface area contributed by atoms with Gasteiger partial charge in [-0.2, -0.15) is 0 Å². The molecule has 16 heavy (non-hydrogen) atoms. The monoisotopic (exact) mass is 242 g/mol. The van der Waals surface area contributed by atoms with E-state index < -0.39 is 6.10 Å². The molecule has 0 spiro atoms. The molecule has 0 heterocycles. The summed E-state index contributed by atoms with van der Waals surface area (Å²) in [5.74, 6) is 1.14. The van der Waals surface area contributed by atoms with Gasteiger partial charge < -0.3 is 14.6 Å². The van der Waals surface area contributed by atoms with Crippen molar-refractivity contribution in [3.63, 3.8) is 0 Å². The molecule has 0 saturated heterocycles. The van der Waals surface area contributed by atoms with Gasteiger partial charge in [-0.15, -0.1) is 0 Å². The zero-order valence-corrected chi connectivity index (χ0v) is 10.1. The van der Waals surface area contributed by atoms with Gasteiger partial charge in [0, 0.05) is 5.03 Å². The lowest BCUT2D eigenvalue weighted by Crippen LogP contribution is -2.00. The summed E-state index contributed by atoms with van der Waals surface area (Å²) in [6, 6.07) is 5.25. The van der Waals surface area contributed by atoms with Gasteiger partial charge in [-0.1, -0.05) is 24.2 Å². The van der Waals surface area contributed by atoms with E-state index in [1.54, 1.807) is 32.2 Å². The quantitative estimate of drug-likeness (QED) is 0.863. The number of benzene rings is 1. The second-order valence-electron chi connectivity index (χ2n) is 3.39. The minimum Gasteiger partial charge on any atom is -0.493 e. The molecule has 1 aromatic carbocycles. The molecular formula is C12H15ClO3. The lowest BCUT2D eigenvalue weighted by atomic mass is 10.1. The largest absolute Gasteiger partial charge is 0.493 e. The highest BCUT2D eigenvalue weighted by molar-refractivity contribution is 6.29. The summed E-state index contributed by atoms with van der Waals surface area (Å²) >= 11 is 5.60. The van der Waals surface area contributed by atoms with Gasteiger partial charge in [-0.25, -0.2) is 0 Å². The highest BCUT2D eigenvalue weighted by Gasteiger charge is 2.08. The van der Waals surface area contributed by atoms with Gasteiger partial charge in [-0.3, -0.25) is 0 Å². The van der Waals surface area contributed by atoms with E-state index in [2.05, 4.69) is 6.58 Å². The molecule has 0 aliphatic carbocycles. The van der Waals surface area contributed by atoms with Crippen LogP contribution in [0.25, 0.3) is 0 Å². The van der Waals surface area contributed by atoms with Crippen LogP contribution in [-0.4, -0.2) is 18.8 Å². The van der Waals surface area contributed by atoms with Gasteiger partial charge >= 0.3 is 0 Å². The molecule has 1 atom stereocenters. The molecule has 0 fully saturated rings. The molecule has 88 valence electrons. The SMILES string of the molecule is C=C(Cl)COc1ccc([C@@H](C)O)cc1OC. The van der Waals surface area contributed by atoms with Gasteiger partial charge in [0.05, 0.1) is 13.2 Å². The number of hydrogen-bond acceptors (Lipinski definition) is 3. The standard InChI is InChI=1S/C12H15ClO3/c1-8(13)7-16-11-5-4-10(9(2)14)6-12(11)15-3/h4-6,9,14H,1,7H2,2-3H3/t9-/m1/s1. The maximum Gasteiger partial charge on any atom is 0.161 e. The molecule has 0 bridgehead atoms. The first-order valence-electron chi connectivity index (χ1n) is 4.86. The van der Waals surface area contributed by atoms with Gasteiger partial charge in [-0.05, 0) is 24.6 Å². The number of aliphatic hydroxyl groups excluding tert-OH is 1. The maximum absolute atomic E-state index is 9.42. The number of rotatable bonds is 5. The fourth-order valence-electron chi connectivity index (χ4n) is 1.22. The van der Waals surface area contributed by atoms with E-state index in [-0.39, 0.29) is 6.61 Å². The van der Waals surface area contributed by atoms with Crippen molar-refractivity contribution < 1.29 is 14.6 Å². The average Bonchev–Trinajstić information content (AvgIpc) is 2.25. The summed E-state index contributed by atoms with van der Waals surface area (Å²) in [5, 5.41) is 9.84. The predicted octanol–water partition coefficient (Wildman–Crippen LogP) is 2.88. The highest BCUT2D eigenvalue weighted by Crippen LogP contribution is 2.30. The summed E-state index contributed by atoms with van der Waals surface area (Å²) < 4.78 is 10.5. The van der Waals surface area contributed by atoms with Crippen LogP contribution in [0.15, 0.2) is 29.8 Å². The molecule has 4 heteroatoms. The van der Waals surface area contributed by atoms with E-state index in [9.17, 15) is 5.11 Å². The Hall–Kier alpha value is -1.19. The van der Waals surface area contributed by atoms with Crippen molar-refractivity contribution >= 4 is 11.6 Å². The summed E-state index contributed by atoms with van der Waals surface area (Å²) in [5.41, 5.74) is 0.772. The van der Waals surface area contributed by atoms with E-state index in [0.717, 1.165) is 5.56 Å². The van der Waals surface area contributed by atoms with Gasteiger partial charge in [0.15, 0.2) is 11.5 Å². The highest BCUT2D eigenvalue weighted by atomic mass is 35.5. The third-order valence-corrected chi connectivity index (χ3v) is 2.16. The Morgan fingerprint density at radius 3 is 2.69 bits per heavy atom. The first kappa shape index (κ1) is 12.9. The number of halogens is 1. The van der Waals surface area contributed by atoms with E-state index >= 15 is 0 Å². The van der Waals surface area contributed by atoms with Crippen molar-refractivity contribution in [2.24, 2.45) is 0 Å². The summed E-state index contributed by atoms with van der Waals surface area (Å²) in [4.78, 5) is 0. The van der Waals surface area contributed by atoms with Gasteiger partial charge in [0.25, 0.3) is 0 Å². The van der Waals surface area contributed by atoms with Gasteiger partial charge in [0.2, 0.25) is 0 Å². The topological polar surface area (TPSA) is 38.7 Å². The lowest BCUT2D eigenvalue weighted by molar-refractivity contribution is 0.198. The Kier molecular flexibility index (Phi) is 4.65. The fraction of sp³-hybridized carbons (Fsp3) is 0.333. The van der Waals surface area contributed by atoms with Crippen LogP contribution in [0.1, 0.15) is 18.6 Å². The molecular weight excluding hydrogens is 228 g/mol. The van der Waals surface area contributed by atoms with Crippen molar-refractivity contribution in [3.05, 3.63) is 35.4 Å². The molecule has 0 unspecified atom stereocenters. The third kappa shape index (κ3) is 3.43. The Labute approximate surface area is 100 Å². The molecule has 0 saturated carbocycles. The fourth-order valence-corrected chi connectivity index (χ4v) is 1.27. The molecule has 0 radical (unpaired) electrons. The van der Waals surface area contributed by atoms with Crippen molar-refractivity contribution in [3.8, 4) is 11.5 Å². The van der Waals surface area contributed by atoms with Crippen molar-refractivity contribution in [2.45, 2.75) is 13.0 Å². The summed E-state index contributed by atoms with van der Waals surface area (Å²) in [6.07, 6.45) is -0.536. The zero-order chi connectivity index (χ0) is 12.1. The number of hydrogen-bond donors (Lipinski definition) is 1. The summed E-state index contributed by atoms with van der Waals surface area (Å²) in [7, 11) is 1.55. The first-order valence-corrected chi connectivity index (χ1v) is 5.24. The number of methoxy groups -OCH3 is 1. The van der Waals surface area contributed by atoms with Crippen LogP contribution in [-0.2, 0) is 0 Å². The van der Waals surface area contributed by atoms with Crippen LogP contribution in [0, 0.1) is 0 Å². The Bertz CT molecular complexity index is 375. The smallest absolute Gasteiger partial charge is 0.161 e. The minimum absolute atomic E-state index is 0.228. The zero-order valence-electron chi connectivity index (χ0n) is 9.37. The molecule has 0 amide bonds. The maximum atomic E-state index is 9.42. The van der Waals surface area contributed by atoms with E-state index in [4.69, 9.17) is 21.1 Å². The van der Waals surface area contributed by atoms with Crippen molar-refractivity contribution in [1.29, 1.82) is 0 Å². The Morgan fingerprint density at radius 2 is 2.19 bits per heavy atom. The number of aliphatic hydroxyl groups is 1. The Balaban J connectivity index is 2.88. The predicted molar refractivity (Wildman–Crippen MR) is 64.1 cm³/mol. The van der Waals surface area contributed by atoms with Crippen LogP contribution in [0.3, 0.4) is 0 Å². The molecule has 3 nitrogen and oxygen atoms in total. The van der Waals surface area contributed by atoms with Crippen molar-refractivity contribution in [2.75, 3.05) is 13.7 Å². The van der Waals surface area contributed by atoms with Crippen LogP contribution in [0.2, 0.25) is 0 Å². The number of ether oxygens (including phenoxy) is 2. The van der Waals surface area contributed by atoms with E-state index in [0.29, 0.717) is 16.5 Å². The second-order valence-corrected chi connectivity index (χ2v) is 3.93. The molecule has 1 N–H and O–H groups in total. The molecule has 1 rings (SSSR count). The molecule has 0 aliphatic rings. The summed E-state index contributed by atoms with van der Waals surface area (Å²) in [6.45, 7) is 5.45. The van der Waals surface area contributed by atoms with Crippen LogP contribution in [0.4, 0.5) is 0 Å². The van der Waals surface area contributed by atoms with E-state index in [1.807, 2.05) is 0 Å². The molecule has 1 aromatic rings. The molecule has 0 aromatic heterocycles. The first-order chi connectivity index (χ1) is 7.54. The lowest BCUT2D eigenvalue weighted by Gasteiger charge is -2.12. The second kappa shape index (κ2) is 5.77. The van der Waals surface area contributed by atoms with Crippen molar-refractivity contribution in [1.82, 2.24) is 0 Å². The van der Waals surface area contributed by atoms with Crippen LogP contribution < -0.4 is 9.47 Å². The van der Waals surface area contributed by atoms with Crippen LogP contribution in [0.5, 0.6) is 11.5 Å². The molecule has 0 aliphatic heterocycles. The minimum atomic E-state index is -0.536. The van der Waals surface area contributed by atoms with E-state index in [1.165, 1.54) is 0 Å². The third-order valence-electron chi connectivity index (χ3n) is 2.05. The normalized spacial score (nSPS) is 12.0. The van der Waals surface area contributed by atoms with Crippen LogP contribution >= 0.6 is 11.6 Å². The van der Waals surface area contributed by atoms with Gasteiger partial charge in [0.1, 0.15) is 6.61 Å². The average molecular weight is 243 g/mol.